The lowest BCUT2D eigenvalue weighted by molar-refractivity contribution is -0.132. The molecule has 1 rings (SSSR count). The van der Waals surface area contributed by atoms with Crippen LogP contribution in [0.15, 0.2) is 0 Å². The van der Waals surface area contributed by atoms with Crippen molar-refractivity contribution >= 4 is 18.6 Å². The highest BCUT2D eigenvalue weighted by Crippen LogP contribution is 2.14. The van der Waals surface area contributed by atoms with Gasteiger partial charge in [0, 0.05) is 6.54 Å². The topological polar surface area (TPSA) is 66.5 Å². The molecule has 5 heteroatoms. The van der Waals surface area contributed by atoms with Crippen LogP contribution in [0.2, 0.25) is 0 Å². The summed E-state index contributed by atoms with van der Waals surface area (Å²) in [5.74, 6) is -0.241. The highest BCUT2D eigenvalue weighted by atomic mass is 16.2. The second-order valence-corrected chi connectivity index (χ2v) is 3.43. The molecule has 0 spiro atoms. The average molecular weight is 198 g/mol. The van der Waals surface area contributed by atoms with Crippen molar-refractivity contribution in [2.75, 3.05) is 6.54 Å². The van der Waals surface area contributed by atoms with Gasteiger partial charge in [-0.05, 0) is 19.8 Å². The van der Waals surface area contributed by atoms with E-state index in [1.807, 2.05) is 0 Å². The highest BCUT2D eigenvalue weighted by molar-refractivity contribution is 5.86. The Morgan fingerprint density at radius 1 is 1.57 bits per heavy atom. The van der Waals surface area contributed by atoms with Crippen molar-refractivity contribution in [2.24, 2.45) is 0 Å². The zero-order valence-corrected chi connectivity index (χ0v) is 8.10. The quantitative estimate of drug-likeness (QED) is 0.608. The third kappa shape index (κ3) is 2.31. The third-order valence-electron chi connectivity index (χ3n) is 2.31. The van der Waals surface area contributed by atoms with E-state index in [9.17, 15) is 14.4 Å². The van der Waals surface area contributed by atoms with Crippen LogP contribution in [-0.2, 0) is 14.4 Å². The minimum absolute atomic E-state index is 0.241. The van der Waals surface area contributed by atoms with Gasteiger partial charge in [0.15, 0.2) is 0 Å². The Morgan fingerprint density at radius 3 is 2.86 bits per heavy atom. The summed E-state index contributed by atoms with van der Waals surface area (Å²) < 4.78 is 0. The van der Waals surface area contributed by atoms with Crippen molar-refractivity contribution in [1.82, 2.24) is 10.2 Å². The number of nitrogens with zero attached hydrogens (tertiary/aromatic N) is 1. The van der Waals surface area contributed by atoms with Crippen LogP contribution in [0.3, 0.4) is 0 Å². The summed E-state index contributed by atoms with van der Waals surface area (Å²) in [5.41, 5.74) is 0. The molecule has 78 valence electrons. The van der Waals surface area contributed by atoms with Crippen LogP contribution >= 0.6 is 0 Å². The predicted octanol–water partition coefficient (Wildman–Crippen LogP) is -0.689. The molecule has 0 bridgehead atoms. The molecule has 0 aromatic rings. The summed E-state index contributed by atoms with van der Waals surface area (Å²) in [5, 5.41) is 2.53. The Morgan fingerprint density at radius 2 is 2.29 bits per heavy atom. The first-order chi connectivity index (χ1) is 6.69. The highest BCUT2D eigenvalue weighted by Gasteiger charge is 2.29. The van der Waals surface area contributed by atoms with Gasteiger partial charge in [-0.2, -0.15) is 0 Å². The fourth-order valence-corrected chi connectivity index (χ4v) is 1.55. The molecular formula is C9H14N2O3. The summed E-state index contributed by atoms with van der Waals surface area (Å²) in [7, 11) is 0. The van der Waals surface area contributed by atoms with Gasteiger partial charge in [0.25, 0.3) is 0 Å². The number of rotatable bonds is 4. The molecule has 1 heterocycles. The number of nitrogens with one attached hydrogen (secondary N) is 1. The van der Waals surface area contributed by atoms with Gasteiger partial charge in [-0.1, -0.05) is 0 Å². The summed E-state index contributed by atoms with van der Waals surface area (Å²) in [6.45, 7) is 2.22. The van der Waals surface area contributed by atoms with Crippen LogP contribution in [0.4, 0.5) is 0 Å². The van der Waals surface area contributed by atoms with Gasteiger partial charge in [-0.15, -0.1) is 0 Å². The van der Waals surface area contributed by atoms with E-state index in [2.05, 4.69) is 5.32 Å². The first kappa shape index (κ1) is 10.7. The van der Waals surface area contributed by atoms with Crippen LogP contribution in [-0.4, -0.2) is 42.1 Å². The van der Waals surface area contributed by atoms with E-state index >= 15 is 0 Å². The Balaban J connectivity index is 2.51. The number of aldehydes is 1. The Kier molecular flexibility index (Phi) is 3.62. The van der Waals surface area contributed by atoms with Crippen molar-refractivity contribution in [2.45, 2.75) is 31.8 Å². The summed E-state index contributed by atoms with van der Waals surface area (Å²) in [6, 6.07) is -0.883. The number of likely N-dealkylation sites (tertiary alicyclic amines) is 1. The van der Waals surface area contributed by atoms with E-state index in [4.69, 9.17) is 0 Å². The Hall–Kier alpha value is -1.39. The number of carbonyl (C=O) groups is 3. The van der Waals surface area contributed by atoms with E-state index < -0.39 is 12.1 Å². The van der Waals surface area contributed by atoms with E-state index in [1.165, 1.54) is 4.90 Å². The Bertz CT molecular complexity index is 242. The lowest BCUT2D eigenvalue weighted by Crippen LogP contribution is -2.46. The van der Waals surface area contributed by atoms with E-state index in [1.54, 1.807) is 6.92 Å². The lowest BCUT2D eigenvalue weighted by atomic mass is 10.2. The van der Waals surface area contributed by atoms with Crippen molar-refractivity contribution in [3.8, 4) is 0 Å². The molecule has 0 aromatic carbocycles. The second-order valence-electron chi connectivity index (χ2n) is 3.43. The lowest BCUT2D eigenvalue weighted by Gasteiger charge is -2.19. The normalized spacial score (nSPS) is 22.9. The zero-order chi connectivity index (χ0) is 10.6. The van der Waals surface area contributed by atoms with Gasteiger partial charge in [-0.25, -0.2) is 0 Å². The van der Waals surface area contributed by atoms with Crippen molar-refractivity contribution in [3.05, 3.63) is 0 Å². The molecule has 0 aromatic heterocycles. The minimum atomic E-state index is -0.489. The monoisotopic (exact) mass is 198 g/mol. The molecule has 2 unspecified atom stereocenters. The van der Waals surface area contributed by atoms with Crippen LogP contribution in [0.25, 0.3) is 0 Å². The third-order valence-corrected chi connectivity index (χ3v) is 2.31. The number of amides is 2. The molecular weight excluding hydrogens is 184 g/mol. The standard InChI is InChI=1S/C9H14N2O3/c1-7(5-12)10-9(14)8-3-2-4-11(8)6-13/h5-8H,2-4H2,1H3,(H,10,14). The molecule has 1 N–H and O–H groups in total. The van der Waals surface area contributed by atoms with E-state index in [-0.39, 0.29) is 5.91 Å². The molecule has 1 saturated heterocycles. The van der Waals surface area contributed by atoms with Gasteiger partial charge < -0.3 is 15.0 Å². The smallest absolute Gasteiger partial charge is 0.243 e. The second kappa shape index (κ2) is 4.74. The zero-order valence-electron chi connectivity index (χ0n) is 8.10. The number of hydrogen-bond acceptors (Lipinski definition) is 3. The molecule has 5 nitrogen and oxygen atoms in total. The maximum Gasteiger partial charge on any atom is 0.243 e. The molecule has 2 atom stereocenters. The fraction of sp³-hybridized carbons (Fsp3) is 0.667. The molecule has 1 aliphatic heterocycles. The van der Waals surface area contributed by atoms with Crippen molar-refractivity contribution < 1.29 is 14.4 Å². The SMILES string of the molecule is CC(C=O)NC(=O)C1CCCN1C=O. The molecule has 0 radical (unpaired) electrons. The summed E-state index contributed by atoms with van der Waals surface area (Å²) in [6.07, 6.45) is 2.86. The van der Waals surface area contributed by atoms with Gasteiger partial charge in [-0.3, -0.25) is 9.59 Å². The van der Waals surface area contributed by atoms with Crippen LogP contribution in [0, 0.1) is 0 Å². The van der Waals surface area contributed by atoms with E-state index in [0.717, 1.165) is 6.42 Å². The molecule has 0 aliphatic carbocycles. The van der Waals surface area contributed by atoms with Crippen LogP contribution < -0.4 is 5.32 Å². The van der Waals surface area contributed by atoms with Gasteiger partial charge in [0.05, 0.1) is 6.04 Å². The van der Waals surface area contributed by atoms with Gasteiger partial charge in [0.1, 0.15) is 12.3 Å². The van der Waals surface area contributed by atoms with Gasteiger partial charge >= 0.3 is 0 Å². The first-order valence-corrected chi connectivity index (χ1v) is 4.65. The molecule has 14 heavy (non-hydrogen) atoms. The predicted molar refractivity (Wildman–Crippen MR) is 49.5 cm³/mol. The number of hydrogen-bond donors (Lipinski definition) is 1. The van der Waals surface area contributed by atoms with Crippen LogP contribution in [0.1, 0.15) is 19.8 Å². The maximum atomic E-state index is 11.5. The first-order valence-electron chi connectivity index (χ1n) is 4.65. The molecule has 2 amide bonds. The Labute approximate surface area is 82.4 Å². The molecule has 0 saturated carbocycles. The van der Waals surface area contributed by atoms with Crippen molar-refractivity contribution in [1.29, 1.82) is 0 Å². The molecule has 1 fully saturated rings. The summed E-state index contributed by atoms with van der Waals surface area (Å²) >= 11 is 0. The molecule has 1 aliphatic rings. The minimum Gasteiger partial charge on any atom is -0.345 e. The van der Waals surface area contributed by atoms with Crippen LogP contribution in [0.5, 0.6) is 0 Å². The van der Waals surface area contributed by atoms with E-state index in [0.29, 0.717) is 25.7 Å². The summed E-state index contributed by atoms with van der Waals surface area (Å²) in [4.78, 5) is 33.8. The fourth-order valence-electron chi connectivity index (χ4n) is 1.55. The largest absolute Gasteiger partial charge is 0.345 e. The van der Waals surface area contributed by atoms with Gasteiger partial charge in [0.2, 0.25) is 12.3 Å². The average Bonchev–Trinajstić information content (AvgIpc) is 2.65. The maximum absolute atomic E-state index is 11.5. The van der Waals surface area contributed by atoms with Crippen molar-refractivity contribution in [3.63, 3.8) is 0 Å². The number of carbonyl (C=O) groups excluding carboxylic acids is 3.